The van der Waals surface area contributed by atoms with Crippen LogP contribution in [0.2, 0.25) is 0 Å². The molecule has 1 aliphatic rings. The van der Waals surface area contributed by atoms with E-state index in [1.807, 2.05) is 12.4 Å². The van der Waals surface area contributed by atoms with Gasteiger partial charge in [0.1, 0.15) is 0 Å². The summed E-state index contributed by atoms with van der Waals surface area (Å²) in [6.07, 6.45) is 3.73. The van der Waals surface area contributed by atoms with Gasteiger partial charge < -0.3 is 9.80 Å². The number of piperazine rings is 1. The lowest BCUT2D eigenvalue weighted by molar-refractivity contribution is 0.653. The summed E-state index contributed by atoms with van der Waals surface area (Å²) in [4.78, 5) is 8.95. The van der Waals surface area contributed by atoms with E-state index in [4.69, 9.17) is 0 Å². The molecule has 3 rings (SSSR count). The van der Waals surface area contributed by atoms with Crippen LogP contribution >= 0.6 is 0 Å². The molecule has 0 spiro atoms. The third kappa shape index (κ3) is 2.70. The maximum Gasteiger partial charge on any atom is 0.0398 e. The highest BCUT2D eigenvalue weighted by atomic mass is 15.3. The molecular weight excluding hydrogens is 234 g/mol. The van der Waals surface area contributed by atoms with E-state index in [0.29, 0.717) is 0 Å². The Morgan fingerprint density at radius 1 is 0.737 bits per heavy atom. The number of nitrogens with zero attached hydrogens (tertiary/aromatic N) is 3. The summed E-state index contributed by atoms with van der Waals surface area (Å²) in [6, 6.07) is 13.0. The second kappa shape index (κ2) is 5.31. The Morgan fingerprint density at radius 3 is 1.74 bits per heavy atom. The molecule has 0 bridgehead atoms. The second-order valence-electron chi connectivity index (χ2n) is 5.02. The van der Waals surface area contributed by atoms with Gasteiger partial charge in [0.2, 0.25) is 0 Å². The molecule has 19 heavy (non-hydrogen) atoms. The Bertz CT molecular complexity index is 513. The van der Waals surface area contributed by atoms with Gasteiger partial charge in [0, 0.05) is 49.9 Å². The van der Waals surface area contributed by atoms with Crippen molar-refractivity contribution in [2.45, 2.75) is 6.92 Å². The fraction of sp³-hybridized carbons (Fsp3) is 0.312. The van der Waals surface area contributed by atoms with E-state index in [-0.39, 0.29) is 0 Å². The van der Waals surface area contributed by atoms with Crippen molar-refractivity contribution in [1.29, 1.82) is 0 Å². The summed E-state index contributed by atoms with van der Waals surface area (Å²) >= 11 is 0. The van der Waals surface area contributed by atoms with E-state index in [9.17, 15) is 0 Å². The Morgan fingerprint density at radius 2 is 1.21 bits per heavy atom. The molecule has 0 atom stereocenters. The van der Waals surface area contributed by atoms with Crippen LogP contribution in [0.15, 0.2) is 48.8 Å². The molecule has 0 N–H and O–H groups in total. The van der Waals surface area contributed by atoms with Gasteiger partial charge in [-0.2, -0.15) is 0 Å². The summed E-state index contributed by atoms with van der Waals surface area (Å²) in [5.74, 6) is 0. The van der Waals surface area contributed by atoms with Crippen LogP contribution in [0.25, 0.3) is 0 Å². The van der Waals surface area contributed by atoms with Crippen LogP contribution in [0.1, 0.15) is 5.56 Å². The SMILES string of the molecule is Cc1ccc(N2CCN(c3ccncc3)CC2)cc1. The number of benzene rings is 1. The molecule has 98 valence electrons. The Kier molecular flexibility index (Phi) is 3.36. The third-order valence-electron chi connectivity index (χ3n) is 3.71. The van der Waals surface area contributed by atoms with E-state index in [1.165, 1.54) is 16.9 Å². The molecular formula is C16H19N3. The normalized spacial score (nSPS) is 15.6. The quantitative estimate of drug-likeness (QED) is 0.820. The lowest BCUT2D eigenvalue weighted by atomic mass is 10.2. The monoisotopic (exact) mass is 253 g/mol. The molecule has 0 amide bonds. The topological polar surface area (TPSA) is 19.4 Å². The number of hydrogen-bond acceptors (Lipinski definition) is 3. The lowest BCUT2D eigenvalue weighted by Crippen LogP contribution is -2.46. The Balaban J connectivity index is 1.65. The molecule has 0 unspecified atom stereocenters. The van der Waals surface area contributed by atoms with Gasteiger partial charge in [0.25, 0.3) is 0 Å². The van der Waals surface area contributed by atoms with Crippen LogP contribution in [0.3, 0.4) is 0 Å². The third-order valence-corrected chi connectivity index (χ3v) is 3.71. The highest BCUT2D eigenvalue weighted by Gasteiger charge is 2.17. The molecule has 0 radical (unpaired) electrons. The first-order chi connectivity index (χ1) is 9.33. The molecule has 3 nitrogen and oxygen atoms in total. The number of aromatic nitrogens is 1. The van der Waals surface area contributed by atoms with Gasteiger partial charge in [-0.05, 0) is 31.2 Å². The molecule has 0 aliphatic carbocycles. The van der Waals surface area contributed by atoms with Crippen molar-refractivity contribution in [3.05, 3.63) is 54.4 Å². The van der Waals surface area contributed by atoms with Gasteiger partial charge in [0.05, 0.1) is 0 Å². The zero-order valence-electron chi connectivity index (χ0n) is 11.3. The molecule has 3 heteroatoms. The molecule has 0 saturated carbocycles. The zero-order chi connectivity index (χ0) is 13.1. The van der Waals surface area contributed by atoms with Crippen LogP contribution in [-0.2, 0) is 0 Å². The number of aryl methyl sites for hydroxylation is 1. The van der Waals surface area contributed by atoms with Crippen LogP contribution in [-0.4, -0.2) is 31.2 Å². The van der Waals surface area contributed by atoms with E-state index in [0.717, 1.165) is 26.2 Å². The van der Waals surface area contributed by atoms with Crippen LogP contribution < -0.4 is 9.80 Å². The fourth-order valence-electron chi connectivity index (χ4n) is 2.53. The highest BCUT2D eigenvalue weighted by molar-refractivity contribution is 5.51. The standard InChI is InChI=1S/C16H19N3/c1-14-2-4-15(5-3-14)18-10-12-19(13-11-18)16-6-8-17-9-7-16/h2-9H,10-13H2,1H3. The smallest absolute Gasteiger partial charge is 0.0398 e. The van der Waals surface area contributed by atoms with Gasteiger partial charge in [-0.3, -0.25) is 4.98 Å². The summed E-state index contributed by atoms with van der Waals surface area (Å²) in [5, 5.41) is 0. The first-order valence-electron chi connectivity index (χ1n) is 6.79. The summed E-state index contributed by atoms with van der Waals surface area (Å²) < 4.78 is 0. The van der Waals surface area contributed by atoms with E-state index in [2.05, 4.69) is 58.1 Å². The first-order valence-corrected chi connectivity index (χ1v) is 6.79. The Hall–Kier alpha value is -2.03. The average molecular weight is 253 g/mol. The van der Waals surface area contributed by atoms with Crippen LogP contribution in [0, 0.1) is 6.92 Å². The highest BCUT2D eigenvalue weighted by Crippen LogP contribution is 2.20. The van der Waals surface area contributed by atoms with E-state index >= 15 is 0 Å². The van der Waals surface area contributed by atoms with Crippen molar-refractivity contribution in [2.75, 3.05) is 36.0 Å². The summed E-state index contributed by atoms with van der Waals surface area (Å²) in [6.45, 7) is 6.41. The van der Waals surface area contributed by atoms with Crippen LogP contribution in [0.4, 0.5) is 11.4 Å². The van der Waals surface area contributed by atoms with Crippen LogP contribution in [0.5, 0.6) is 0 Å². The molecule has 1 aromatic heterocycles. The minimum atomic E-state index is 1.07. The minimum Gasteiger partial charge on any atom is -0.368 e. The maximum atomic E-state index is 4.07. The number of rotatable bonds is 2. The molecule has 1 fully saturated rings. The molecule has 1 aliphatic heterocycles. The van der Waals surface area contributed by atoms with E-state index in [1.54, 1.807) is 0 Å². The van der Waals surface area contributed by atoms with Gasteiger partial charge in [-0.15, -0.1) is 0 Å². The van der Waals surface area contributed by atoms with E-state index < -0.39 is 0 Å². The number of hydrogen-bond donors (Lipinski definition) is 0. The van der Waals surface area contributed by atoms with Crippen molar-refractivity contribution < 1.29 is 0 Å². The fourth-order valence-corrected chi connectivity index (χ4v) is 2.53. The molecule has 2 heterocycles. The first kappa shape index (κ1) is 12.0. The molecule has 1 aromatic carbocycles. The zero-order valence-corrected chi connectivity index (χ0v) is 11.3. The van der Waals surface area contributed by atoms with Crippen molar-refractivity contribution in [1.82, 2.24) is 4.98 Å². The minimum absolute atomic E-state index is 1.07. The lowest BCUT2D eigenvalue weighted by Gasteiger charge is -2.37. The van der Waals surface area contributed by atoms with Gasteiger partial charge in [-0.1, -0.05) is 17.7 Å². The predicted molar refractivity (Wildman–Crippen MR) is 79.8 cm³/mol. The number of anilines is 2. The molecule has 1 saturated heterocycles. The maximum absolute atomic E-state index is 4.07. The second-order valence-corrected chi connectivity index (χ2v) is 5.02. The van der Waals surface area contributed by atoms with Crippen molar-refractivity contribution in [2.24, 2.45) is 0 Å². The van der Waals surface area contributed by atoms with Gasteiger partial charge >= 0.3 is 0 Å². The van der Waals surface area contributed by atoms with Gasteiger partial charge in [0.15, 0.2) is 0 Å². The largest absolute Gasteiger partial charge is 0.368 e. The summed E-state index contributed by atoms with van der Waals surface area (Å²) in [5.41, 5.74) is 3.93. The van der Waals surface area contributed by atoms with Gasteiger partial charge in [-0.25, -0.2) is 0 Å². The number of pyridine rings is 1. The predicted octanol–water partition coefficient (Wildman–Crippen LogP) is 2.72. The average Bonchev–Trinajstić information content (AvgIpc) is 2.49. The van der Waals surface area contributed by atoms with Crippen molar-refractivity contribution in [3.8, 4) is 0 Å². The van der Waals surface area contributed by atoms with Crippen molar-refractivity contribution >= 4 is 11.4 Å². The summed E-state index contributed by atoms with van der Waals surface area (Å²) in [7, 11) is 0. The molecule has 2 aromatic rings. The Labute approximate surface area is 114 Å². The van der Waals surface area contributed by atoms with Crippen molar-refractivity contribution in [3.63, 3.8) is 0 Å².